The van der Waals surface area contributed by atoms with Crippen LogP contribution < -0.4 is 5.32 Å². The molecule has 5 nitrogen and oxygen atoms in total. The summed E-state index contributed by atoms with van der Waals surface area (Å²) in [5.74, 6) is 0.495. The van der Waals surface area contributed by atoms with Gasteiger partial charge in [-0.15, -0.1) is 0 Å². The number of hydrogen-bond acceptors (Lipinski definition) is 3. The molecule has 2 atom stereocenters. The topological polar surface area (TPSA) is 52.7 Å². The van der Waals surface area contributed by atoms with E-state index in [1.807, 2.05) is 6.92 Å². The molecule has 1 N–H and O–H groups in total. The van der Waals surface area contributed by atoms with Gasteiger partial charge in [-0.25, -0.2) is 0 Å². The average molecular weight is 263 g/mol. The van der Waals surface area contributed by atoms with Crippen molar-refractivity contribution in [2.75, 3.05) is 27.2 Å². The van der Waals surface area contributed by atoms with Crippen LogP contribution in [0.4, 0.5) is 0 Å². The summed E-state index contributed by atoms with van der Waals surface area (Å²) in [6.07, 6.45) is 0.896. The molecule has 1 saturated heterocycles. The third-order valence-corrected chi connectivity index (χ3v) is 5.03. The summed E-state index contributed by atoms with van der Waals surface area (Å²) in [6, 6.07) is 0.284. The standard InChI is InChI=1S/C11H25N3O2S/c1-9(2)6-11-7-12-10(3)8-14(11)17(15,16)13(4)5/h9-12H,6-8H2,1-5H3. The monoisotopic (exact) mass is 263 g/mol. The van der Waals surface area contributed by atoms with Crippen LogP contribution in [-0.2, 0) is 10.2 Å². The predicted molar refractivity (Wildman–Crippen MR) is 70.0 cm³/mol. The summed E-state index contributed by atoms with van der Waals surface area (Å²) in [5, 5.41) is 3.35. The Bertz CT molecular complexity index is 341. The highest BCUT2D eigenvalue weighted by atomic mass is 32.2. The van der Waals surface area contributed by atoms with Gasteiger partial charge in [-0.3, -0.25) is 0 Å². The minimum atomic E-state index is -3.30. The molecule has 0 amide bonds. The molecule has 1 aliphatic rings. The van der Waals surface area contributed by atoms with Crippen LogP contribution in [0.25, 0.3) is 0 Å². The maximum Gasteiger partial charge on any atom is 0.281 e. The van der Waals surface area contributed by atoms with Gasteiger partial charge in [0.1, 0.15) is 0 Å². The SMILES string of the molecule is CC(C)CC1CNC(C)CN1S(=O)(=O)N(C)C. The molecule has 0 bridgehead atoms. The van der Waals surface area contributed by atoms with Crippen molar-refractivity contribution in [3.63, 3.8) is 0 Å². The second-order valence-electron chi connectivity index (χ2n) is 5.45. The molecule has 0 aliphatic carbocycles. The van der Waals surface area contributed by atoms with Crippen molar-refractivity contribution in [3.05, 3.63) is 0 Å². The van der Waals surface area contributed by atoms with Crippen LogP contribution in [0.15, 0.2) is 0 Å². The number of nitrogens with zero attached hydrogens (tertiary/aromatic N) is 2. The lowest BCUT2D eigenvalue weighted by atomic mass is 10.0. The molecule has 2 unspecified atom stereocenters. The summed E-state index contributed by atoms with van der Waals surface area (Å²) in [4.78, 5) is 0. The molecule has 1 fully saturated rings. The van der Waals surface area contributed by atoms with Crippen LogP contribution in [0.1, 0.15) is 27.2 Å². The van der Waals surface area contributed by atoms with E-state index in [4.69, 9.17) is 0 Å². The lowest BCUT2D eigenvalue weighted by Crippen LogP contribution is -2.59. The van der Waals surface area contributed by atoms with Crippen molar-refractivity contribution in [1.29, 1.82) is 0 Å². The second kappa shape index (κ2) is 5.65. The Kier molecular flexibility index (Phi) is 4.95. The van der Waals surface area contributed by atoms with E-state index in [-0.39, 0.29) is 12.1 Å². The van der Waals surface area contributed by atoms with Gasteiger partial charge in [-0.2, -0.15) is 17.0 Å². The number of hydrogen-bond donors (Lipinski definition) is 1. The van der Waals surface area contributed by atoms with E-state index >= 15 is 0 Å². The van der Waals surface area contributed by atoms with Gasteiger partial charge in [0.2, 0.25) is 0 Å². The minimum Gasteiger partial charge on any atom is -0.311 e. The predicted octanol–water partition coefficient (Wildman–Crippen LogP) is 0.501. The van der Waals surface area contributed by atoms with Crippen LogP contribution in [-0.4, -0.2) is 56.3 Å². The zero-order valence-corrected chi connectivity index (χ0v) is 12.3. The first-order chi connectivity index (χ1) is 7.75. The third kappa shape index (κ3) is 3.64. The quantitative estimate of drug-likeness (QED) is 0.803. The molecule has 0 aromatic rings. The summed E-state index contributed by atoms with van der Waals surface area (Å²) in [6.45, 7) is 7.56. The smallest absolute Gasteiger partial charge is 0.281 e. The molecule has 1 aliphatic heterocycles. The van der Waals surface area contributed by atoms with Crippen LogP contribution in [0, 0.1) is 5.92 Å². The van der Waals surface area contributed by atoms with E-state index in [0.29, 0.717) is 12.5 Å². The Morgan fingerprint density at radius 3 is 2.47 bits per heavy atom. The molecule has 0 radical (unpaired) electrons. The van der Waals surface area contributed by atoms with Crippen molar-refractivity contribution < 1.29 is 8.42 Å². The van der Waals surface area contributed by atoms with Crippen molar-refractivity contribution in [3.8, 4) is 0 Å². The zero-order valence-electron chi connectivity index (χ0n) is 11.5. The lowest BCUT2D eigenvalue weighted by molar-refractivity contribution is 0.198. The molecule has 1 rings (SSSR count). The highest BCUT2D eigenvalue weighted by molar-refractivity contribution is 7.86. The third-order valence-electron chi connectivity index (χ3n) is 3.06. The minimum absolute atomic E-state index is 0.0681. The molecule has 1 heterocycles. The molecular formula is C11H25N3O2S. The number of rotatable bonds is 4. The molecule has 6 heteroatoms. The molecule has 0 aromatic carbocycles. The number of piperazine rings is 1. The van der Waals surface area contributed by atoms with E-state index in [9.17, 15) is 8.42 Å². The zero-order chi connectivity index (χ0) is 13.2. The Balaban J connectivity index is 2.89. The Morgan fingerprint density at radius 1 is 1.41 bits per heavy atom. The Hall–Kier alpha value is -0.170. The van der Waals surface area contributed by atoms with E-state index in [1.54, 1.807) is 18.4 Å². The van der Waals surface area contributed by atoms with Crippen molar-refractivity contribution in [1.82, 2.24) is 13.9 Å². The molecule has 0 saturated carbocycles. The van der Waals surface area contributed by atoms with Crippen molar-refractivity contribution >= 4 is 10.2 Å². The Morgan fingerprint density at radius 2 is 2.00 bits per heavy atom. The van der Waals surface area contributed by atoms with Crippen molar-refractivity contribution in [2.24, 2.45) is 5.92 Å². The van der Waals surface area contributed by atoms with Crippen LogP contribution in [0.5, 0.6) is 0 Å². The van der Waals surface area contributed by atoms with Gasteiger partial charge in [0.15, 0.2) is 0 Å². The van der Waals surface area contributed by atoms with E-state index in [2.05, 4.69) is 19.2 Å². The average Bonchev–Trinajstić information content (AvgIpc) is 2.19. The fourth-order valence-electron chi connectivity index (χ4n) is 2.16. The fourth-order valence-corrected chi connectivity index (χ4v) is 3.53. The maximum absolute atomic E-state index is 12.2. The van der Waals surface area contributed by atoms with Gasteiger partial charge < -0.3 is 5.32 Å². The van der Waals surface area contributed by atoms with Gasteiger partial charge in [-0.1, -0.05) is 13.8 Å². The van der Waals surface area contributed by atoms with E-state index in [1.165, 1.54) is 4.31 Å². The first-order valence-electron chi connectivity index (χ1n) is 6.17. The van der Waals surface area contributed by atoms with Gasteiger partial charge in [0, 0.05) is 39.3 Å². The van der Waals surface area contributed by atoms with Crippen LogP contribution >= 0.6 is 0 Å². The van der Waals surface area contributed by atoms with E-state index < -0.39 is 10.2 Å². The van der Waals surface area contributed by atoms with Gasteiger partial charge in [0.25, 0.3) is 10.2 Å². The summed E-state index contributed by atoms with van der Waals surface area (Å²) in [5.41, 5.74) is 0. The maximum atomic E-state index is 12.2. The van der Waals surface area contributed by atoms with Gasteiger partial charge in [-0.05, 0) is 19.3 Å². The highest BCUT2D eigenvalue weighted by Gasteiger charge is 2.35. The Labute approximate surface area is 105 Å². The largest absolute Gasteiger partial charge is 0.311 e. The summed E-state index contributed by atoms with van der Waals surface area (Å²) >= 11 is 0. The number of nitrogens with one attached hydrogen (secondary N) is 1. The highest BCUT2D eigenvalue weighted by Crippen LogP contribution is 2.20. The van der Waals surface area contributed by atoms with Gasteiger partial charge >= 0.3 is 0 Å². The molecule has 17 heavy (non-hydrogen) atoms. The molecule has 0 spiro atoms. The van der Waals surface area contributed by atoms with Crippen LogP contribution in [0.2, 0.25) is 0 Å². The molecule has 102 valence electrons. The molecular weight excluding hydrogens is 238 g/mol. The normalized spacial score (nSPS) is 27.9. The first kappa shape index (κ1) is 14.9. The lowest BCUT2D eigenvalue weighted by Gasteiger charge is -2.40. The van der Waals surface area contributed by atoms with Crippen molar-refractivity contribution in [2.45, 2.75) is 39.3 Å². The summed E-state index contributed by atoms with van der Waals surface area (Å²) in [7, 11) is -0.118. The van der Waals surface area contributed by atoms with Gasteiger partial charge in [0.05, 0.1) is 0 Å². The van der Waals surface area contributed by atoms with E-state index in [0.717, 1.165) is 13.0 Å². The first-order valence-corrected chi connectivity index (χ1v) is 7.57. The second-order valence-corrected chi connectivity index (χ2v) is 7.55. The fraction of sp³-hybridized carbons (Fsp3) is 1.00. The summed E-state index contributed by atoms with van der Waals surface area (Å²) < 4.78 is 27.4. The molecule has 0 aromatic heterocycles. The van der Waals surface area contributed by atoms with Crippen LogP contribution in [0.3, 0.4) is 0 Å².